The van der Waals surface area contributed by atoms with E-state index in [9.17, 15) is 9.59 Å². The number of cyclic esters (lactones) is 1. The molecule has 2 aliphatic rings. The molecule has 2 saturated heterocycles. The van der Waals surface area contributed by atoms with E-state index < -0.39 is 12.0 Å². The standard InChI is InChI=1S/C5H9NO3.C4H7NO2.CH4O.CH4/c7-5(8)4-1-2-9-3-6-4;5-3-1-2-7-4(3)6;1-2;/h4,6H,1-3H2,(H,7,8);3H,1-2,5H2;2H,1H3;1H4. The molecule has 0 aromatic heterocycles. The highest BCUT2D eigenvalue weighted by Crippen LogP contribution is 2.00. The van der Waals surface area contributed by atoms with Gasteiger partial charge in [-0.3, -0.25) is 14.9 Å². The lowest BCUT2D eigenvalue weighted by atomic mass is 10.2. The second kappa shape index (κ2) is 11.8. The second-order valence-corrected chi connectivity index (χ2v) is 3.50. The molecular weight excluding hydrogens is 256 g/mol. The molecule has 2 atom stereocenters. The molecule has 5 N–H and O–H groups in total. The molecule has 2 aliphatic heterocycles. The number of rotatable bonds is 1. The fourth-order valence-electron chi connectivity index (χ4n) is 1.26. The summed E-state index contributed by atoms with van der Waals surface area (Å²) in [5.41, 5.74) is 5.20. The quantitative estimate of drug-likeness (QED) is 0.446. The van der Waals surface area contributed by atoms with Gasteiger partial charge in [0.05, 0.1) is 19.9 Å². The smallest absolute Gasteiger partial charge is 0.323 e. The van der Waals surface area contributed by atoms with E-state index in [4.69, 9.17) is 20.7 Å². The van der Waals surface area contributed by atoms with E-state index in [0.717, 1.165) is 7.11 Å². The van der Waals surface area contributed by atoms with Crippen LogP contribution in [0.1, 0.15) is 20.3 Å². The van der Waals surface area contributed by atoms with Gasteiger partial charge in [0.15, 0.2) is 0 Å². The topological polar surface area (TPSA) is 131 Å². The van der Waals surface area contributed by atoms with Crippen LogP contribution in [0, 0.1) is 0 Å². The molecule has 0 saturated carbocycles. The van der Waals surface area contributed by atoms with Crippen LogP contribution in [0.3, 0.4) is 0 Å². The zero-order chi connectivity index (χ0) is 14.0. The van der Waals surface area contributed by atoms with Crippen molar-refractivity contribution in [1.82, 2.24) is 5.32 Å². The number of ether oxygens (including phenoxy) is 2. The Balaban J connectivity index is 0. The van der Waals surface area contributed by atoms with Gasteiger partial charge in [-0.15, -0.1) is 0 Å². The SMILES string of the molecule is C.CO.NC1CCOC1=O.O=C(O)C1CCOCN1. The molecule has 0 aromatic carbocycles. The van der Waals surface area contributed by atoms with E-state index in [2.05, 4.69) is 10.1 Å². The van der Waals surface area contributed by atoms with E-state index in [0.29, 0.717) is 32.8 Å². The average molecular weight is 280 g/mol. The third kappa shape index (κ3) is 8.49. The van der Waals surface area contributed by atoms with Gasteiger partial charge in [0.2, 0.25) is 0 Å². The lowest BCUT2D eigenvalue weighted by molar-refractivity contribution is -0.142. The maximum atomic E-state index is 10.2. The van der Waals surface area contributed by atoms with Crippen molar-refractivity contribution in [3.63, 3.8) is 0 Å². The number of carboxylic acids is 1. The number of carboxylic acid groups (broad SMARTS) is 1. The second-order valence-electron chi connectivity index (χ2n) is 3.50. The van der Waals surface area contributed by atoms with Gasteiger partial charge in [0.25, 0.3) is 0 Å². The third-order valence-electron chi connectivity index (χ3n) is 2.26. The molecular formula is C11H24N2O6. The maximum Gasteiger partial charge on any atom is 0.323 e. The number of aliphatic hydroxyl groups is 1. The molecule has 2 fully saturated rings. The summed E-state index contributed by atoms with van der Waals surface area (Å²) in [7, 11) is 1.00. The molecule has 2 rings (SSSR count). The van der Waals surface area contributed by atoms with Crippen molar-refractivity contribution in [2.75, 3.05) is 27.1 Å². The lowest BCUT2D eigenvalue weighted by Gasteiger charge is -2.19. The first-order chi connectivity index (χ1) is 8.61. The van der Waals surface area contributed by atoms with Gasteiger partial charge in [-0.05, 0) is 6.42 Å². The summed E-state index contributed by atoms with van der Waals surface area (Å²) >= 11 is 0. The summed E-state index contributed by atoms with van der Waals surface area (Å²) in [4.78, 5) is 20.5. The van der Waals surface area contributed by atoms with Crippen molar-refractivity contribution in [3.05, 3.63) is 0 Å². The highest BCUT2D eigenvalue weighted by atomic mass is 16.5. The van der Waals surface area contributed by atoms with E-state index in [1.54, 1.807) is 0 Å². The largest absolute Gasteiger partial charge is 0.480 e. The molecule has 0 amide bonds. The minimum absolute atomic E-state index is 0. The Labute approximate surface area is 112 Å². The first-order valence-corrected chi connectivity index (χ1v) is 5.52. The van der Waals surface area contributed by atoms with Gasteiger partial charge >= 0.3 is 11.9 Å². The Kier molecular flexibility index (Phi) is 12.5. The predicted octanol–water partition coefficient (Wildman–Crippen LogP) is -1.09. The number of nitrogens with two attached hydrogens (primary N) is 1. The van der Waals surface area contributed by atoms with Crippen LogP contribution < -0.4 is 11.1 Å². The number of carbonyl (C=O) groups is 2. The summed E-state index contributed by atoms with van der Waals surface area (Å²) in [5.74, 6) is -1.06. The van der Waals surface area contributed by atoms with Crippen molar-refractivity contribution in [2.24, 2.45) is 5.73 Å². The Hall–Kier alpha value is -1.22. The van der Waals surface area contributed by atoms with Crippen molar-refractivity contribution in [1.29, 1.82) is 0 Å². The molecule has 8 nitrogen and oxygen atoms in total. The lowest BCUT2D eigenvalue weighted by Crippen LogP contribution is -2.42. The van der Waals surface area contributed by atoms with Crippen LogP contribution in [0.2, 0.25) is 0 Å². The van der Waals surface area contributed by atoms with Crippen molar-refractivity contribution in [3.8, 4) is 0 Å². The number of carbonyl (C=O) groups excluding carboxylic acids is 1. The molecule has 2 heterocycles. The van der Waals surface area contributed by atoms with Crippen LogP contribution in [0.25, 0.3) is 0 Å². The van der Waals surface area contributed by atoms with Gasteiger partial charge in [-0.25, -0.2) is 0 Å². The van der Waals surface area contributed by atoms with E-state index in [1.807, 2.05) is 0 Å². The van der Waals surface area contributed by atoms with Crippen molar-refractivity contribution in [2.45, 2.75) is 32.4 Å². The van der Waals surface area contributed by atoms with Gasteiger partial charge in [0.1, 0.15) is 12.1 Å². The molecule has 114 valence electrons. The van der Waals surface area contributed by atoms with Crippen LogP contribution in [0.15, 0.2) is 0 Å². The van der Waals surface area contributed by atoms with Gasteiger partial charge in [-0.1, -0.05) is 7.43 Å². The fourth-order valence-corrected chi connectivity index (χ4v) is 1.26. The predicted molar refractivity (Wildman–Crippen MR) is 68.4 cm³/mol. The molecule has 2 unspecified atom stereocenters. The van der Waals surface area contributed by atoms with E-state index >= 15 is 0 Å². The first-order valence-electron chi connectivity index (χ1n) is 5.52. The van der Waals surface area contributed by atoms with Crippen LogP contribution in [-0.4, -0.2) is 61.3 Å². The summed E-state index contributed by atoms with van der Waals surface area (Å²) < 4.78 is 9.38. The number of aliphatic hydroxyl groups excluding tert-OH is 1. The van der Waals surface area contributed by atoms with Crippen LogP contribution in [0.5, 0.6) is 0 Å². The maximum absolute atomic E-state index is 10.2. The van der Waals surface area contributed by atoms with E-state index in [-0.39, 0.29) is 19.4 Å². The van der Waals surface area contributed by atoms with Gasteiger partial charge < -0.3 is 25.4 Å². The summed E-state index contributed by atoms with van der Waals surface area (Å²) in [6.45, 7) is 1.40. The van der Waals surface area contributed by atoms with E-state index in [1.165, 1.54) is 0 Å². The van der Waals surface area contributed by atoms with Crippen LogP contribution >= 0.6 is 0 Å². The molecule has 0 aromatic rings. The minimum Gasteiger partial charge on any atom is -0.480 e. The average Bonchev–Trinajstić information content (AvgIpc) is 2.78. The summed E-state index contributed by atoms with van der Waals surface area (Å²) in [6, 6.07) is -0.751. The highest BCUT2D eigenvalue weighted by molar-refractivity contribution is 5.77. The minimum atomic E-state index is -0.793. The highest BCUT2D eigenvalue weighted by Gasteiger charge is 2.21. The number of hydrogen-bond donors (Lipinski definition) is 4. The number of esters is 1. The monoisotopic (exact) mass is 280 g/mol. The Morgan fingerprint density at radius 2 is 2.00 bits per heavy atom. The Morgan fingerprint density at radius 1 is 1.37 bits per heavy atom. The Morgan fingerprint density at radius 3 is 2.21 bits per heavy atom. The van der Waals surface area contributed by atoms with Crippen molar-refractivity contribution < 1.29 is 29.3 Å². The first kappa shape index (κ1) is 20.1. The summed E-state index contributed by atoms with van der Waals surface area (Å²) in [5, 5.41) is 18.1. The van der Waals surface area contributed by atoms with Crippen LogP contribution in [-0.2, 0) is 19.1 Å². The van der Waals surface area contributed by atoms with Gasteiger partial charge in [-0.2, -0.15) is 0 Å². The molecule has 0 radical (unpaired) electrons. The number of hydrogen-bond acceptors (Lipinski definition) is 7. The molecule has 8 heteroatoms. The fraction of sp³-hybridized carbons (Fsp3) is 0.818. The Bertz CT molecular complexity index is 256. The number of nitrogens with one attached hydrogen (secondary N) is 1. The zero-order valence-electron chi connectivity index (χ0n) is 10.3. The molecule has 19 heavy (non-hydrogen) atoms. The van der Waals surface area contributed by atoms with Gasteiger partial charge in [0, 0.05) is 13.5 Å². The number of aliphatic carboxylic acids is 1. The normalized spacial score (nSPS) is 24.7. The molecule has 0 spiro atoms. The molecule has 0 aliphatic carbocycles. The van der Waals surface area contributed by atoms with Crippen molar-refractivity contribution >= 4 is 11.9 Å². The third-order valence-corrected chi connectivity index (χ3v) is 2.26. The van der Waals surface area contributed by atoms with Crippen LogP contribution in [0.4, 0.5) is 0 Å². The molecule has 0 bridgehead atoms. The summed E-state index contributed by atoms with van der Waals surface area (Å²) in [6.07, 6.45) is 1.24. The zero-order valence-corrected chi connectivity index (χ0v) is 10.3.